The van der Waals surface area contributed by atoms with E-state index in [0.717, 1.165) is 11.4 Å². The molecule has 1 unspecified atom stereocenters. The van der Waals surface area contributed by atoms with E-state index in [4.69, 9.17) is 4.74 Å². The molecule has 2 N–H and O–H groups in total. The van der Waals surface area contributed by atoms with Crippen LogP contribution in [-0.4, -0.2) is 41.4 Å². The van der Waals surface area contributed by atoms with Gasteiger partial charge in [-0.25, -0.2) is 4.39 Å². The number of aryl methyl sites for hydroxylation is 1. The van der Waals surface area contributed by atoms with Crippen LogP contribution in [-0.2, 0) is 4.74 Å². The van der Waals surface area contributed by atoms with Gasteiger partial charge in [-0.05, 0) is 51.5 Å². The third-order valence-corrected chi connectivity index (χ3v) is 4.28. The van der Waals surface area contributed by atoms with Crippen molar-refractivity contribution in [1.82, 2.24) is 9.88 Å². The molecule has 0 radical (unpaired) electrons. The Morgan fingerprint density at radius 2 is 2.08 bits per heavy atom. The molecule has 2 aromatic rings. The number of carbonyl (C=O) groups excluding carboxylic acids is 1. The predicted molar refractivity (Wildman–Crippen MR) is 94.7 cm³/mol. The molecule has 0 fully saturated rings. The van der Waals surface area contributed by atoms with Gasteiger partial charge in [-0.2, -0.15) is 0 Å². The third kappa shape index (κ3) is 4.27. The Balaban J connectivity index is 2.34. The molecule has 0 aliphatic carbocycles. The molecule has 0 saturated heterocycles. The zero-order valence-electron chi connectivity index (χ0n) is 15.1. The summed E-state index contributed by atoms with van der Waals surface area (Å²) in [5.74, 6) is -0.574. The van der Waals surface area contributed by atoms with Crippen LogP contribution in [0.3, 0.4) is 0 Å². The topological polar surface area (TPSA) is 63.5 Å². The number of hydrogen-bond acceptors (Lipinski definition) is 3. The molecule has 5 nitrogen and oxygen atoms in total. The number of ether oxygens (including phenoxy) is 1. The second-order valence-electron chi connectivity index (χ2n) is 6.52. The van der Waals surface area contributed by atoms with Crippen molar-refractivity contribution in [3.05, 3.63) is 53.1 Å². The van der Waals surface area contributed by atoms with Gasteiger partial charge in [0.1, 0.15) is 5.82 Å². The van der Waals surface area contributed by atoms with Crippen LogP contribution in [0.5, 0.6) is 0 Å². The van der Waals surface area contributed by atoms with Gasteiger partial charge in [0.25, 0.3) is 5.91 Å². The van der Waals surface area contributed by atoms with E-state index in [1.54, 1.807) is 25.3 Å². The normalized spacial score (nSPS) is 13.5. The number of amides is 1. The molecule has 1 heterocycles. The van der Waals surface area contributed by atoms with Crippen molar-refractivity contribution >= 4 is 5.91 Å². The van der Waals surface area contributed by atoms with Gasteiger partial charge in [0.15, 0.2) is 0 Å². The maximum absolute atomic E-state index is 13.5. The Hall–Kier alpha value is -2.18. The largest absolute Gasteiger partial charge is 0.396 e. The summed E-state index contributed by atoms with van der Waals surface area (Å²) in [7, 11) is 1.55. The number of rotatable bonds is 7. The average Bonchev–Trinajstić information content (AvgIpc) is 2.82. The quantitative estimate of drug-likeness (QED) is 0.809. The number of aromatic nitrogens is 1. The molecule has 0 aliphatic rings. The zero-order chi connectivity index (χ0) is 18.6. The molecule has 1 aromatic heterocycles. The Bertz CT molecular complexity index is 749. The summed E-state index contributed by atoms with van der Waals surface area (Å²) in [6, 6.07) is 8.03. The highest BCUT2D eigenvalue weighted by Gasteiger charge is 2.28. The van der Waals surface area contributed by atoms with Gasteiger partial charge >= 0.3 is 0 Å². The highest BCUT2D eigenvalue weighted by Crippen LogP contribution is 2.22. The average molecular weight is 348 g/mol. The van der Waals surface area contributed by atoms with Crippen molar-refractivity contribution in [1.29, 1.82) is 0 Å². The van der Waals surface area contributed by atoms with Crippen molar-refractivity contribution in [3.63, 3.8) is 0 Å². The van der Waals surface area contributed by atoms with Crippen molar-refractivity contribution in [3.8, 4) is 5.69 Å². The van der Waals surface area contributed by atoms with Gasteiger partial charge in [-0.1, -0.05) is 6.07 Å². The van der Waals surface area contributed by atoms with Gasteiger partial charge < -0.3 is 19.7 Å². The first-order chi connectivity index (χ1) is 11.8. The third-order valence-electron chi connectivity index (χ3n) is 4.28. The number of carbonyl (C=O) groups is 1. The van der Waals surface area contributed by atoms with Gasteiger partial charge in [0, 0.05) is 30.8 Å². The SMILES string of the molecule is COCC(C)(CCO)NC(=O)c1cc(C)n(-c2cccc(F)c2)c1C. The molecule has 6 heteroatoms. The first-order valence-electron chi connectivity index (χ1n) is 8.18. The minimum absolute atomic E-state index is 0.0531. The number of hydrogen-bond donors (Lipinski definition) is 2. The Kier molecular flexibility index (Phi) is 5.98. The lowest BCUT2D eigenvalue weighted by Crippen LogP contribution is -2.50. The maximum Gasteiger partial charge on any atom is 0.253 e. The van der Waals surface area contributed by atoms with Gasteiger partial charge in [-0.3, -0.25) is 4.79 Å². The molecule has 1 aromatic carbocycles. The number of halogens is 1. The second kappa shape index (κ2) is 7.80. The number of benzene rings is 1. The fourth-order valence-electron chi connectivity index (χ4n) is 3.08. The summed E-state index contributed by atoms with van der Waals surface area (Å²) < 4.78 is 20.6. The molecule has 25 heavy (non-hydrogen) atoms. The second-order valence-corrected chi connectivity index (χ2v) is 6.52. The molecule has 136 valence electrons. The summed E-state index contributed by atoms with van der Waals surface area (Å²) in [6.45, 7) is 5.77. The monoisotopic (exact) mass is 348 g/mol. The summed E-state index contributed by atoms with van der Waals surface area (Å²) in [4.78, 5) is 12.8. The van der Waals surface area contributed by atoms with Crippen molar-refractivity contribution < 1.29 is 19.0 Å². The van der Waals surface area contributed by atoms with Crippen LogP contribution in [0.4, 0.5) is 4.39 Å². The number of aliphatic hydroxyl groups is 1. The van der Waals surface area contributed by atoms with E-state index < -0.39 is 5.54 Å². The van der Waals surface area contributed by atoms with Crippen LogP contribution in [0, 0.1) is 19.7 Å². The van der Waals surface area contributed by atoms with E-state index in [-0.39, 0.29) is 18.3 Å². The number of aliphatic hydroxyl groups excluding tert-OH is 1. The first kappa shape index (κ1) is 19.1. The summed E-state index contributed by atoms with van der Waals surface area (Å²) >= 11 is 0. The van der Waals surface area contributed by atoms with Crippen LogP contribution < -0.4 is 5.32 Å². The Labute approximate surface area is 147 Å². The van der Waals surface area contributed by atoms with E-state index in [0.29, 0.717) is 24.3 Å². The number of nitrogens with one attached hydrogen (secondary N) is 1. The first-order valence-corrected chi connectivity index (χ1v) is 8.18. The van der Waals surface area contributed by atoms with Crippen LogP contribution in [0.2, 0.25) is 0 Å². The zero-order valence-corrected chi connectivity index (χ0v) is 15.1. The van der Waals surface area contributed by atoms with Crippen molar-refractivity contribution in [2.45, 2.75) is 32.7 Å². The molecule has 0 bridgehead atoms. The van der Waals surface area contributed by atoms with Crippen LogP contribution in [0.1, 0.15) is 35.1 Å². The Morgan fingerprint density at radius 1 is 1.36 bits per heavy atom. The van der Waals surface area contributed by atoms with E-state index >= 15 is 0 Å². The molecule has 0 aliphatic heterocycles. The fraction of sp³-hybridized carbons (Fsp3) is 0.421. The lowest BCUT2D eigenvalue weighted by Gasteiger charge is -2.29. The lowest BCUT2D eigenvalue weighted by molar-refractivity contribution is 0.0725. The smallest absolute Gasteiger partial charge is 0.253 e. The molecular weight excluding hydrogens is 323 g/mol. The highest BCUT2D eigenvalue weighted by atomic mass is 19.1. The number of methoxy groups -OCH3 is 1. The lowest BCUT2D eigenvalue weighted by atomic mass is 9.98. The minimum Gasteiger partial charge on any atom is -0.396 e. The molecule has 0 saturated carbocycles. The van der Waals surface area contributed by atoms with E-state index in [1.807, 2.05) is 25.3 Å². The van der Waals surface area contributed by atoms with E-state index in [2.05, 4.69) is 5.32 Å². The maximum atomic E-state index is 13.5. The standard InChI is InChI=1S/C19H25FN2O3/c1-13-10-17(18(24)21-19(3,8-9-23)12-25-4)14(2)22(13)16-7-5-6-15(20)11-16/h5-7,10-11,23H,8-9,12H2,1-4H3,(H,21,24). The van der Waals surface area contributed by atoms with Gasteiger partial charge in [-0.15, -0.1) is 0 Å². The van der Waals surface area contributed by atoms with Crippen LogP contribution >= 0.6 is 0 Å². The molecule has 0 spiro atoms. The Morgan fingerprint density at radius 3 is 2.68 bits per heavy atom. The minimum atomic E-state index is -0.665. The van der Waals surface area contributed by atoms with Gasteiger partial charge in [0.2, 0.25) is 0 Å². The summed E-state index contributed by atoms with van der Waals surface area (Å²) in [5, 5.41) is 12.2. The van der Waals surface area contributed by atoms with Crippen LogP contribution in [0.15, 0.2) is 30.3 Å². The predicted octanol–water partition coefficient (Wildman–Crippen LogP) is 2.75. The molecule has 1 atom stereocenters. The summed E-state index contributed by atoms with van der Waals surface area (Å²) in [6.07, 6.45) is 0.384. The number of nitrogens with zero attached hydrogens (tertiary/aromatic N) is 1. The summed E-state index contributed by atoms with van der Waals surface area (Å²) in [5.41, 5.74) is 2.08. The van der Waals surface area contributed by atoms with Crippen LogP contribution in [0.25, 0.3) is 5.69 Å². The molecule has 2 rings (SSSR count). The fourth-order valence-corrected chi connectivity index (χ4v) is 3.08. The molecular formula is C19H25FN2O3. The van der Waals surface area contributed by atoms with Crippen molar-refractivity contribution in [2.24, 2.45) is 0 Å². The highest BCUT2D eigenvalue weighted by molar-refractivity contribution is 5.96. The van der Waals surface area contributed by atoms with Crippen molar-refractivity contribution in [2.75, 3.05) is 20.3 Å². The molecule has 1 amide bonds. The van der Waals surface area contributed by atoms with E-state index in [9.17, 15) is 14.3 Å². The van der Waals surface area contributed by atoms with Gasteiger partial charge in [0.05, 0.1) is 17.7 Å². The van der Waals surface area contributed by atoms with E-state index in [1.165, 1.54) is 12.1 Å².